The van der Waals surface area contributed by atoms with E-state index in [4.69, 9.17) is 14.2 Å². The number of amides is 1. The van der Waals surface area contributed by atoms with Crippen LogP contribution in [-0.2, 0) is 22.6 Å². The fourth-order valence-electron chi connectivity index (χ4n) is 3.31. The molecule has 7 heteroatoms. The minimum Gasteiger partial charge on any atom is -0.497 e. The van der Waals surface area contributed by atoms with E-state index in [1.54, 1.807) is 7.11 Å². The molecule has 0 atom stereocenters. The van der Waals surface area contributed by atoms with Crippen molar-refractivity contribution in [2.75, 3.05) is 26.8 Å². The van der Waals surface area contributed by atoms with E-state index in [9.17, 15) is 14.0 Å². The summed E-state index contributed by atoms with van der Waals surface area (Å²) in [5.74, 6) is -0.0421. The molecular formula is C21H20FNO5. The first-order chi connectivity index (χ1) is 13.5. The number of hydrogen-bond acceptors (Lipinski definition) is 5. The first-order valence-electron chi connectivity index (χ1n) is 9.04. The highest BCUT2D eigenvalue weighted by Gasteiger charge is 2.34. The molecule has 0 radical (unpaired) electrons. The fraction of sp³-hybridized carbons (Fsp3) is 0.333. The number of ether oxygens (including phenoxy) is 3. The smallest absolute Gasteiger partial charge is 0.257 e. The molecule has 0 bridgehead atoms. The van der Waals surface area contributed by atoms with Crippen LogP contribution in [0.15, 0.2) is 36.4 Å². The van der Waals surface area contributed by atoms with Crippen LogP contribution >= 0.6 is 0 Å². The van der Waals surface area contributed by atoms with Gasteiger partial charge in [-0.1, -0.05) is 12.1 Å². The second kappa shape index (κ2) is 7.59. The monoisotopic (exact) mass is 385 g/mol. The van der Waals surface area contributed by atoms with Crippen LogP contribution in [0.25, 0.3) is 0 Å². The van der Waals surface area contributed by atoms with Crippen LogP contribution in [0.5, 0.6) is 11.5 Å². The largest absolute Gasteiger partial charge is 0.497 e. The molecular weight excluding hydrogens is 365 g/mol. The molecule has 1 fully saturated rings. The molecule has 1 amide bonds. The van der Waals surface area contributed by atoms with Gasteiger partial charge in [0.25, 0.3) is 5.91 Å². The summed E-state index contributed by atoms with van der Waals surface area (Å²) >= 11 is 0. The zero-order valence-corrected chi connectivity index (χ0v) is 15.4. The topological polar surface area (TPSA) is 65.1 Å². The second-order valence-electron chi connectivity index (χ2n) is 6.94. The summed E-state index contributed by atoms with van der Waals surface area (Å²) < 4.78 is 30.5. The maximum absolute atomic E-state index is 14.3. The van der Waals surface area contributed by atoms with Gasteiger partial charge in [-0.2, -0.15) is 0 Å². The van der Waals surface area contributed by atoms with E-state index < -0.39 is 11.7 Å². The van der Waals surface area contributed by atoms with Crippen LogP contribution in [-0.4, -0.2) is 49.5 Å². The van der Waals surface area contributed by atoms with Crippen LogP contribution < -0.4 is 9.47 Å². The lowest BCUT2D eigenvalue weighted by Crippen LogP contribution is -2.54. The maximum atomic E-state index is 14.3. The maximum Gasteiger partial charge on any atom is 0.257 e. The van der Waals surface area contributed by atoms with Crippen molar-refractivity contribution in [3.05, 3.63) is 58.9 Å². The molecule has 2 aliphatic heterocycles. The van der Waals surface area contributed by atoms with Crippen LogP contribution in [0.3, 0.4) is 0 Å². The van der Waals surface area contributed by atoms with E-state index in [1.807, 2.05) is 24.3 Å². The second-order valence-corrected chi connectivity index (χ2v) is 6.94. The first kappa shape index (κ1) is 18.4. The van der Waals surface area contributed by atoms with Crippen LogP contribution in [0.1, 0.15) is 21.5 Å². The Bertz CT molecular complexity index is 923. The Labute approximate surface area is 161 Å². The molecule has 2 aromatic rings. The quantitative estimate of drug-likeness (QED) is 0.791. The van der Waals surface area contributed by atoms with Gasteiger partial charge in [0.15, 0.2) is 5.78 Å². The minimum atomic E-state index is -0.640. The number of Topliss-reactive ketones (excluding diaryl/α,β-unsaturated/α-hetero) is 1. The lowest BCUT2D eigenvalue weighted by Gasteiger charge is -2.39. The third kappa shape index (κ3) is 3.71. The van der Waals surface area contributed by atoms with Gasteiger partial charge in [-0.15, -0.1) is 0 Å². The fourth-order valence-corrected chi connectivity index (χ4v) is 3.31. The SMILES string of the molecule is COc1cccc(COC2CN(C(=O)c3cc4c(cc3F)OCC(=O)C4)C2)c1. The third-order valence-electron chi connectivity index (χ3n) is 4.91. The molecule has 0 aromatic heterocycles. The Hall–Kier alpha value is -2.93. The van der Waals surface area contributed by atoms with E-state index in [2.05, 4.69) is 0 Å². The third-order valence-corrected chi connectivity index (χ3v) is 4.91. The molecule has 0 spiro atoms. The Balaban J connectivity index is 1.35. The van der Waals surface area contributed by atoms with Gasteiger partial charge in [0.05, 0.1) is 25.4 Å². The summed E-state index contributed by atoms with van der Waals surface area (Å²) in [6, 6.07) is 10.2. The van der Waals surface area contributed by atoms with Crippen LogP contribution in [0.4, 0.5) is 4.39 Å². The normalized spacial score (nSPS) is 16.2. The van der Waals surface area contributed by atoms with E-state index in [0.29, 0.717) is 31.0 Å². The Morgan fingerprint density at radius 3 is 2.89 bits per heavy atom. The zero-order chi connectivity index (χ0) is 19.7. The van der Waals surface area contributed by atoms with Gasteiger partial charge in [0.2, 0.25) is 0 Å². The summed E-state index contributed by atoms with van der Waals surface area (Å²) in [6.45, 7) is 1.15. The Morgan fingerprint density at radius 2 is 2.11 bits per heavy atom. The average Bonchev–Trinajstić information content (AvgIpc) is 2.66. The van der Waals surface area contributed by atoms with Gasteiger partial charge < -0.3 is 19.1 Å². The van der Waals surface area contributed by atoms with Gasteiger partial charge in [0, 0.05) is 31.1 Å². The van der Waals surface area contributed by atoms with Crippen molar-refractivity contribution in [3.8, 4) is 11.5 Å². The zero-order valence-electron chi connectivity index (χ0n) is 15.4. The first-order valence-corrected chi connectivity index (χ1v) is 9.04. The molecule has 2 aliphatic rings. The lowest BCUT2D eigenvalue weighted by atomic mass is 10.0. The summed E-state index contributed by atoms with van der Waals surface area (Å²) in [7, 11) is 1.61. The molecule has 0 saturated carbocycles. The van der Waals surface area contributed by atoms with E-state index in [1.165, 1.54) is 17.0 Å². The summed E-state index contributed by atoms with van der Waals surface area (Å²) in [4.78, 5) is 25.7. The number of hydrogen-bond donors (Lipinski definition) is 0. The van der Waals surface area contributed by atoms with Crippen molar-refractivity contribution in [2.24, 2.45) is 0 Å². The Morgan fingerprint density at radius 1 is 1.29 bits per heavy atom. The number of halogens is 1. The van der Waals surface area contributed by atoms with Crippen molar-refractivity contribution in [2.45, 2.75) is 19.1 Å². The standard InChI is InChI=1S/C21H20FNO5/c1-26-16-4-2-3-13(5-16)11-27-17-9-23(10-17)21(25)18-7-14-6-15(24)12-28-20(14)8-19(18)22/h2-5,7-8,17H,6,9-12H2,1H3. The van der Waals surface area contributed by atoms with Crippen molar-refractivity contribution in [1.82, 2.24) is 4.90 Å². The molecule has 146 valence electrons. The molecule has 6 nitrogen and oxygen atoms in total. The van der Waals surface area contributed by atoms with Crippen molar-refractivity contribution < 1.29 is 28.2 Å². The van der Waals surface area contributed by atoms with E-state index in [-0.39, 0.29) is 30.5 Å². The molecule has 1 saturated heterocycles. The number of fused-ring (bicyclic) bond motifs is 1. The van der Waals surface area contributed by atoms with Gasteiger partial charge in [-0.05, 0) is 23.8 Å². The number of rotatable bonds is 5. The van der Waals surface area contributed by atoms with E-state index >= 15 is 0 Å². The summed E-state index contributed by atoms with van der Waals surface area (Å²) in [6.07, 6.45) is 0.0584. The van der Waals surface area contributed by atoms with Crippen LogP contribution in [0, 0.1) is 5.82 Å². The lowest BCUT2D eigenvalue weighted by molar-refractivity contribution is -0.121. The number of carbonyl (C=O) groups is 2. The number of likely N-dealkylation sites (tertiary alicyclic amines) is 1. The van der Waals surface area contributed by atoms with E-state index in [0.717, 1.165) is 11.3 Å². The molecule has 0 N–H and O–H groups in total. The molecule has 2 aromatic carbocycles. The van der Waals surface area contributed by atoms with Crippen molar-refractivity contribution in [3.63, 3.8) is 0 Å². The molecule has 4 rings (SSSR count). The number of benzene rings is 2. The predicted octanol–water partition coefficient (Wildman–Crippen LogP) is 2.38. The average molecular weight is 385 g/mol. The number of ketones is 1. The number of methoxy groups -OCH3 is 1. The molecule has 0 aliphatic carbocycles. The highest BCUT2D eigenvalue weighted by Crippen LogP contribution is 2.28. The highest BCUT2D eigenvalue weighted by molar-refractivity contribution is 5.96. The van der Waals surface area contributed by atoms with Gasteiger partial charge in [-0.3, -0.25) is 9.59 Å². The summed E-state index contributed by atoms with van der Waals surface area (Å²) in [5, 5.41) is 0. The minimum absolute atomic E-state index is 0.0386. The molecule has 28 heavy (non-hydrogen) atoms. The highest BCUT2D eigenvalue weighted by atomic mass is 19.1. The molecule has 2 heterocycles. The van der Waals surface area contributed by atoms with Gasteiger partial charge >= 0.3 is 0 Å². The molecule has 0 unspecified atom stereocenters. The predicted molar refractivity (Wildman–Crippen MR) is 98.1 cm³/mol. The summed E-state index contributed by atoms with van der Waals surface area (Å²) in [5.41, 5.74) is 1.49. The number of nitrogens with zero attached hydrogens (tertiary/aromatic N) is 1. The Kier molecular flexibility index (Phi) is 5.00. The van der Waals surface area contributed by atoms with Gasteiger partial charge in [-0.25, -0.2) is 4.39 Å². The van der Waals surface area contributed by atoms with Crippen molar-refractivity contribution in [1.29, 1.82) is 0 Å². The van der Waals surface area contributed by atoms with Crippen LogP contribution in [0.2, 0.25) is 0 Å². The van der Waals surface area contributed by atoms with Crippen molar-refractivity contribution >= 4 is 11.7 Å². The van der Waals surface area contributed by atoms with Gasteiger partial charge in [0.1, 0.15) is 23.9 Å². The number of carbonyl (C=O) groups excluding carboxylic acids is 2.